The zero-order valence-corrected chi connectivity index (χ0v) is 16.3. The maximum Gasteiger partial charge on any atom is 0.280 e. The number of piperidine rings is 1. The summed E-state index contributed by atoms with van der Waals surface area (Å²) in [5.41, 5.74) is 0.797. The molecule has 0 aromatic heterocycles. The van der Waals surface area contributed by atoms with E-state index in [9.17, 15) is 13.2 Å². The molecule has 0 saturated carbocycles. The monoisotopic (exact) mass is 381 g/mol. The number of ether oxygens (including phenoxy) is 1. The van der Waals surface area contributed by atoms with Crippen LogP contribution in [-0.4, -0.2) is 56.3 Å². The third-order valence-electron chi connectivity index (χ3n) is 5.44. The van der Waals surface area contributed by atoms with E-state index in [1.165, 1.54) is 11.4 Å². The molecule has 1 N–H and O–H groups in total. The lowest BCUT2D eigenvalue weighted by molar-refractivity contribution is -0.139. The molecule has 0 unspecified atom stereocenters. The minimum Gasteiger partial charge on any atom is -0.497 e. The Labute approximate surface area is 155 Å². The van der Waals surface area contributed by atoms with Crippen LogP contribution in [0.5, 0.6) is 5.75 Å². The lowest BCUT2D eigenvalue weighted by atomic mass is 9.97. The van der Waals surface area contributed by atoms with Crippen LogP contribution >= 0.6 is 0 Å². The highest BCUT2D eigenvalue weighted by Gasteiger charge is 2.43. The van der Waals surface area contributed by atoms with Gasteiger partial charge in [-0.1, -0.05) is 12.1 Å². The maximum absolute atomic E-state index is 13.1. The van der Waals surface area contributed by atoms with Crippen LogP contribution in [0.25, 0.3) is 0 Å². The second-order valence-electron chi connectivity index (χ2n) is 7.10. The molecular weight excluding hydrogens is 354 g/mol. The Morgan fingerprint density at radius 3 is 2.77 bits per heavy atom. The summed E-state index contributed by atoms with van der Waals surface area (Å²) < 4.78 is 34.3. The van der Waals surface area contributed by atoms with Crippen molar-refractivity contribution in [2.75, 3.05) is 20.7 Å². The molecule has 3 rings (SSSR count). The minimum absolute atomic E-state index is 0.0994. The molecule has 0 aliphatic carbocycles. The van der Waals surface area contributed by atoms with E-state index in [1.54, 1.807) is 7.11 Å². The Hall–Kier alpha value is -1.64. The number of hydrogen-bond acceptors (Lipinski definition) is 4. The van der Waals surface area contributed by atoms with Crippen molar-refractivity contribution in [2.45, 2.75) is 50.7 Å². The van der Waals surface area contributed by atoms with E-state index in [-0.39, 0.29) is 11.9 Å². The van der Waals surface area contributed by atoms with Gasteiger partial charge < -0.3 is 9.64 Å². The average Bonchev–Trinajstić information content (AvgIpc) is 2.63. The molecule has 3 atom stereocenters. The van der Waals surface area contributed by atoms with Crippen molar-refractivity contribution < 1.29 is 17.9 Å². The number of carbonyl (C=O) groups excluding carboxylic acids is 1. The van der Waals surface area contributed by atoms with Gasteiger partial charge in [0.05, 0.1) is 13.2 Å². The molecule has 2 aliphatic heterocycles. The zero-order chi connectivity index (χ0) is 18.9. The smallest absolute Gasteiger partial charge is 0.280 e. The van der Waals surface area contributed by atoms with Gasteiger partial charge in [0.1, 0.15) is 11.8 Å². The number of amides is 1. The third-order valence-corrected chi connectivity index (χ3v) is 7.03. The molecule has 26 heavy (non-hydrogen) atoms. The molecule has 8 heteroatoms. The van der Waals surface area contributed by atoms with Gasteiger partial charge >= 0.3 is 0 Å². The van der Waals surface area contributed by atoms with Crippen molar-refractivity contribution in [1.82, 2.24) is 13.9 Å². The van der Waals surface area contributed by atoms with Crippen molar-refractivity contribution in [2.24, 2.45) is 0 Å². The zero-order valence-electron chi connectivity index (χ0n) is 15.5. The Kier molecular flexibility index (Phi) is 5.55. The fourth-order valence-electron chi connectivity index (χ4n) is 3.79. The SMILES string of the molecule is COc1cccc([C@@H]2C[C@@H](C(=O)N3CCCC[C@@H]3C)N(C)S(=O)(=O)N2)c1. The number of nitrogens with zero attached hydrogens (tertiary/aromatic N) is 2. The minimum atomic E-state index is -3.73. The largest absolute Gasteiger partial charge is 0.497 e. The molecular formula is C18H27N3O4S. The highest BCUT2D eigenvalue weighted by atomic mass is 32.2. The highest BCUT2D eigenvalue weighted by Crippen LogP contribution is 2.31. The molecule has 0 bridgehead atoms. The van der Waals surface area contributed by atoms with Crippen molar-refractivity contribution in [3.05, 3.63) is 29.8 Å². The Morgan fingerprint density at radius 1 is 1.31 bits per heavy atom. The van der Waals surface area contributed by atoms with Gasteiger partial charge in [0.2, 0.25) is 5.91 Å². The second kappa shape index (κ2) is 7.54. The first kappa shape index (κ1) is 19.1. The van der Waals surface area contributed by atoms with Crippen LogP contribution in [-0.2, 0) is 15.0 Å². The molecule has 7 nitrogen and oxygen atoms in total. The van der Waals surface area contributed by atoms with Gasteiger partial charge in [0.25, 0.3) is 10.2 Å². The van der Waals surface area contributed by atoms with E-state index in [4.69, 9.17) is 4.74 Å². The molecule has 144 valence electrons. The first-order valence-electron chi connectivity index (χ1n) is 9.03. The first-order chi connectivity index (χ1) is 12.3. The number of likely N-dealkylation sites (tertiary alicyclic amines) is 1. The average molecular weight is 381 g/mol. The van der Waals surface area contributed by atoms with Gasteiger partial charge in [0.15, 0.2) is 0 Å². The quantitative estimate of drug-likeness (QED) is 0.864. The molecule has 2 saturated heterocycles. The first-order valence-corrected chi connectivity index (χ1v) is 10.5. The van der Waals surface area contributed by atoms with Gasteiger partial charge in [-0.25, -0.2) is 0 Å². The van der Waals surface area contributed by atoms with E-state index in [1.807, 2.05) is 36.1 Å². The third kappa shape index (κ3) is 3.72. The van der Waals surface area contributed by atoms with E-state index in [0.717, 1.165) is 24.8 Å². The van der Waals surface area contributed by atoms with Gasteiger partial charge in [-0.2, -0.15) is 17.4 Å². The summed E-state index contributed by atoms with van der Waals surface area (Å²) in [7, 11) is -0.689. The molecule has 1 aromatic carbocycles. The predicted octanol–water partition coefficient (Wildman–Crippen LogP) is 1.68. The number of likely N-dealkylation sites (N-methyl/N-ethyl adjacent to an activating group) is 1. The van der Waals surface area contributed by atoms with Crippen molar-refractivity contribution in [3.63, 3.8) is 0 Å². The summed E-state index contributed by atoms with van der Waals surface area (Å²) in [6.45, 7) is 2.73. The Balaban J connectivity index is 1.88. The van der Waals surface area contributed by atoms with Gasteiger partial charge in [-0.3, -0.25) is 4.79 Å². The summed E-state index contributed by atoms with van der Waals surface area (Å²) in [4.78, 5) is 15.0. The van der Waals surface area contributed by atoms with Crippen LogP contribution in [0.4, 0.5) is 0 Å². The standard InChI is InChI=1S/C18H27N3O4S/c1-13-7-4-5-10-21(13)18(22)17-12-16(19-26(23,24)20(17)2)14-8-6-9-15(11-14)25-3/h6,8-9,11,13,16-17,19H,4-5,7,10,12H2,1-3H3/t13-,16-,17-/m0/s1. The predicted molar refractivity (Wildman–Crippen MR) is 99.0 cm³/mol. The number of carbonyl (C=O) groups is 1. The number of methoxy groups -OCH3 is 1. The van der Waals surface area contributed by atoms with Gasteiger partial charge in [-0.05, 0) is 50.3 Å². The van der Waals surface area contributed by atoms with Crippen molar-refractivity contribution in [3.8, 4) is 5.75 Å². The van der Waals surface area contributed by atoms with Crippen LogP contribution in [0.3, 0.4) is 0 Å². The van der Waals surface area contributed by atoms with Crippen LogP contribution in [0, 0.1) is 0 Å². The fourth-order valence-corrected chi connectivity index (χ4v) is 5.06. The van der Waals surface area contributed by atoms with E-state index in [2.05, 4.69) is 4.72 Å². The lowest BCUT2D eigenvalue weighted by Gasteiger charge is -2.41. The van der Waals surface area contributed by atoms with Crippen LogP contribution in [0.1, 0.15) is 44.2 Å². The molecule has 1 amide bonds. The summed E-state index contributed by atoms with van der Waals surface area (Å²) in [6, 6.07) is 6.29. The summed E-state index contributed by atoms with van der Waals surface area (Å²) in [5, 5.41) is 0. The Bertz CT molecular complexity index is 767. The number of hydrogen-bond donors (Lipinski definition) is 1. The van der Waals surface area contributed by atoms with E-state index < -0.39 is 22.3 Å². The van der Waals surface area contributed by atoms with Gasteiger partial charge in [-0.15, -0.1) is 0 Å². The molecule has 0 spiro atoms. The number of benzene rings is 1. The van der Waals surface area contributed by atoms with Crippen molar-refractivity contribution >= 4 is 16.1 Å². The maximum atomic E-state index is 13.1. The summed E-state index contributed by atoms with van der Waals surface area (Å²) >= 11 is 0. The van der Waals surface area contributed by atoms with Crippen LogP contribution in [0.15, 0.2) is 24.3 Å². The van der Waals surface area contributed by atoms with Crippen LogP contribution in [0.2, 0.25) is 0 Å². The van der Waals surface area contributed by atoms with E-state index in [0.29, 0.717) is 18.7 Å². The second-order valence-corrected chi connectivity index (χ2v) is 8.86. The topological polar surface area (TPSA) is 79.0 Å². The molecule has 2 fully saturated rings. The lowest BCUT2D eigenvalue weighted by Crippen LogP contribution is -2.59. The van der Waals surface area contributed by atoms with Crippen LogP contribution < -0.4 is 9.46 Å². The van der Waals surface area contributed by atoms with E-state index >= 15 is 0 Å². The fraction of sp³-hybridized carbons (Fsp3) is 0.611. The van der Waals surface area contributed by atoms with Gasteiger partial charge in [0, 0.05) is 19.6 Å². The molecule has 2 aliphatic rings. The molecule has 0 radical (unpaired) electrons. The number of nitrogens with one attached hydrogen (secondary N) is 1. The molecule has 2 heterocycles. The summed E-state index contributed by atoms with van der Waals surface area (Å²) in [5.74, 6) is 0.561. The normalized spacial score (nSPS) is 29.3. The summed E-state index contributed by atoms with van der Waals surface area (Å²) in [6.07, 6.45) is 3.44. The Morgan fingerprint density at radius 2 is 2.08 bits per heavy atom. The van der Waals surface area contributed by atoms with Crippen molar-refractivity contribution in [1.29, 1.82) is 0 Å². The highest BCUT2D eigenvalue weighted by molar-refractivity contribution is 7.87. The molecule has 1 aromatic rings. The number of rotatable bonds is 3.